The Bertz CT molecular complexity index is 474. The SMILES string of the molecule is OC1(/C2=C/CCCCCC2)CCCc2ccccc21. The van der Waals surface area contributed by atoms with Crippen LogP contribution in [0.1, 0.15) is 62.5 Å². The van der Waals surface area contributed by atoms with Crippen LogP contribution >= 0.6 is 0 Å². The molecule has 19 heavy (non-hydrogen) atoms. The molecule has 0 radical (unpaired) electrons. The Hall–Kier alpha value is -1.08. The molecule has 0 aliphatic heterocycles. The molecule has 0 saturated carbocycles. The van der Waals surface area contributed by atoms with Gasteiger partial charge in [0.25, 0.3) is 0 Å². The molecule has 1 aromatic rings. The monoisotopic (exact) mass is 256 g/mol. The first-order valence-electron chi connectivity index (χ1n) is 7.81. The quantitative estimate of drug-likeness (QED) is 0.734. The van der Waals surface area contributed by atoms with Crippen molar-refractivity contribution in [1.82, 2.24) is 0 Å². The number of hydrogen-bond acceptors (Lipinski definition) is 1. The normalized spacial score (nSPS) is 30.7. The minimum atomic E-state index is -0.674. The van der Waals surface area contributed by atoms with E-state index in [4.69, 9.17) is 0 Å². The van der Waals surface area contributed by atoms with Crippen molar-refractivity contribution in [1.29, 1.82) is 0 Å². The summed E-state index contributed by atoms with van der Waals surface area (Å²) in [5.74, 6) is 0. The van der Waals surface area contributed by atoms with Crippen LogP contribution in [-0.2, 0) is 12.0 Å². The molecule has 3 rings (SSSR count). The van der Waals surface area contributed by atoms with Gasteiger partial charge >= 0.3 is 0 Å². The topological polar surface area (TPSA) is 20.2 Å². The molecule has 0 fully saturated rings. The Morgan fingerprint density at radius 2 is 1.74 bits per heavy atom. The van der Waals surface area contributed by atoms with Gasteiger partial charge in [0, 0.05) is 0 Å². The van der Waals surface area contributed by atoms with E-state index in [0.717, 1.165) is 32.1 Å². The fourth-order valence-electron chi connectivity index (χ4n) is 3.71. The minimum absolute atomic E-state index is 0.674. The van der Waals surface area contributed by atoms with Gasteiger partial charge in [-0.2, -0.15) is 0 Å². The lowest BCUT2D eigenvalue weighted by atomic mass is 9.73. The molecule has 0 amide bonds. The number of rotatable bonds is 1. The van der Waals surface area contributed by atoms with Crippen molar-refractivity contribution in [3.8, 4) is 0 Å². The zero-order chi connectivity index (χ0) is 13.1. The van der Waals surface area contributed by atoms with Crippen molar-refractivity contribution < 1.29 is 5.11 Å². The molecule has 1 atom stereocenters. The summed E-state index contributed by atoms with van der Waals surface area (Å²) in [6.45, 7) is 0. The summed E-state index contributed by atoms with van der Waals surface area (Å²) in [5.41, 5.74) is 3.14. The molecule has 1 N–H and O–H groups in total. The predicted octanol–water partition coefficient (Wildman–Crippen LogP) is 4.49. The van der Waals surface area contributed by atoms with E-state index in [1.165, 1.54) is 42.4 Å². The molecule has 0 spiro atoms. The van der Waals surface area contributed by atoms with Gasteiger partial charge in [-0.25, -0.2) is 0 Å². The van der Waals surface area contributed by atoms with Crippen LogP contribution in [0, 0.1) is 0 Å². The summed E-state index contributed by atoms with van der Waals surface area (Å²) in [4.78, 5) is 0. The number of allylic oxidation sites excluding steroid dienone is 1. The first-order chi connectivity index (χ1) is 9.31. The summed E-state index contributed by atoms with van der Waals surface area (Å²) in [7, 11) is 0. The summed E-state index contributed by atoms with van der Waals surface area (Å²) in [5, 5.41) is 11.3. The number of aliphatic hydroxyl groups is 1. The molecule has 0 aromatic heterocycles. The average molecular weight is 256 g/mol. The van der Waals surface area contributed by atoms with Gasteiger partial charge < -0.3 is 5.11 Å². The maximum absolute atomic E-state index is 11.3. The van der Waals surface area contributed by atoms with Crippen LogP contribution in [0.5, 0.6) is 0 Å². The van der Waals surface area contributed by atoms with E-state index >= 15 is 0 Å². The largest absolute Gasteiger partial charge is 0.381 e. The molecule has 0 heterocycles. The first kappa shape index (κ1) is 12.9. The third kappa shape index (κ3) is 2.49. The van der Waals surface area contributed by atoms with Gasteiger partial charge in [0.15, 0.2) is 0 Å². The van der Waals surface area contributed by atoms with Gasteiger partial charge in [-0.15, -0.1) is 0 Å². The first-order valence-corrected chi connectivity index (χ1v) is 7.81. The molecule has 0 bridgehead atoms. The molecule has 2 aliphatic rings. The summed E-state index contributed by atoms with van der Waals surface area (Å²) in [6, 6.07) is 8.48. The van der Waals surface area contributed by atoms with Crippen molar-refractivity contribution in [2.45, 2.75) is 63.4 Å². The van der Waals surface area contributed by atoms with Crippen LogP contribution in [0.15, 0.2) is 35.9 Å². The predicted molar refractivity (Wildman–Crippen MR) is 79.1 cm³/mol. The molecule has 0 saturated heterocycles. The number of benzene rings is 1. The van der Waals surface area contributed by atoms with Gasteiger partial charge in [-0.05, 0) is 61.6 Å². The lowest BCUT2D eigenvalue weighted by molar-refractivity contribution is 0.0525. The van der Waals surface area contributed by atoms with Crippen LogP contribution in [-0.4, -0.2) is 5.11 Å². The van der Waals surface area contributed by atoms with Crippen LogP contribution in [0.3, 0.4) is 0 Å². The summed E-state index contributed by atoms with van der Waals surface area (Å²) in [6.07, 6.45) is 12.8. The summed E-state index contributed by atoms with van der Waals surface area (Å²) >= 11 is 0. The fourth-order valence-corrected chi connectivity index (χ4v) is 3.71. The maximum atomic E-state index is 11.3. The van der Waals surface area contributed by atoms with Crippen molar-refractivity contribution in [3.63, 3.8) is 0 Å². The molecule has 1 unspecified atom stereocenters. The van der Waals surface area contributed by atoms with Crippen LogP contribution in [0.2, 0.25) is 0 Å². The van der Waals surface area contributed by atoms with E-state index in [1.54, 1.807) is 0 Å². The highest BCUT2D eigenvalue weighted by Crippen LogP contribution is 2.43. The van der Waals surface area contributed by atoms with Crippen molar-refractivity contribution >= 4 is 0 Å². The Morgan fingerprint density at radius 3 is 2.68 bits per heavy atom. The Morgan fingerprint density at radius 1 is 0.895 bits per heavy atom. The zero-order valence-electron chi connectivity index (χ0n) is 11.7. The van der Waals surface area contributed by atoms with Crippen molar-refractivity contribution in [3.05, 3.63) is 47.0 Å². The fraction of sp³-hybridized carbons (Fsp3) is 0.556. The third-order valence-electron chi connectivity index (χ3n) is 4.77. The molecule has 1 aromatic carbocycles. The van der Waals surface area contributed by atoms with E-state index in [1.807, 2.05) is 0 Å². The molecular formula is C18H24O. The van der Waals surface area contributed by atoms with Gasteiger partial charge in [0.2, 0.25) is 0 Å². The Balaban J connectivity index is 1.98. The number of aryl methyl sites for hydroxylation is 1. The zero-order valence-corrected chi connectivity index (χ0v) is 11.7. The highest BCUT2D eigenvalue weighted by atomic mass is 16.3. The standard InChI is InChI=1S/C18H24O/c19-18(16-11-4-2-1-3-5-12-16)14-8-10-15-9-6-7-13-17(15)18/h6-7,9,11,13,19H,1-5,8,10,12,14H2/b16-11+. The molecule has 102 valence electrons. The minimum Gasteiger partial charge on any atom is -0.381 e. The van der Waals surface area contributed by atoms with Crippen LogP contribution in [0.4, 0.5) is 0 Å². The number of fused-ring (bicyclic) bond motifs is 1. The van der Waals surface area contributed by atoms with Crippen LogP contribution in [0.25, 0.3) is 0 Å². The van der Waals surface area contributed by atoms with E-state index in [0.29, 0.717) is 0 Å². The molecular weight excluding hydrogens is 232 g/mol. The maximum Gasteiger partial charge on any atom is 0.111 e. The molecule has 1 nitrogen and oxygen atoms in total. The van der Waals surface area contributed by atoms with Gasteiger partial charge in [-0.3, -0.25) is 0 Å². The van der Waals surface area contributed by atoms with E-state index < -0.39 is 5.60 Å². The average Bonchev–Trinajstić information content (AvgIpc) is 2.38. The molecule has 2 aliphatic carbocycles. The number of hydrogen-bond donors (Lipinski definition) is 1. The van der Waals surface area contributed by atoms with E-state index in [2.05, 4.69) is 30.3 Å². The lowest BCUT2D eigenvalue weighted by Gasteiger charge is -2.37. The van der Waals surface area contributed by atoms with Gasteiger partial charge in [0.1, 0.15) is 5.60 Å². The van der Waals surface area contributed by atoms with Crippen molar-refractivity contribution in [2.75, 3.05) is 0 Å². The highest BCUT2D eigenvalue weighted by Gasteiger charge is 2.37. The van der Waals surface area contributed by atoms with Crippen molar-refractivity contribution in [2.24, 2.45) is 0 Å². The van der Waals surface area contributed by atoms with E-state index in [9.17, 15) is 5.11 Å². The van der Waals surface area contributed by atoms with Gasteiger partial charge in [0.05, 0.1) is 0 Å². The second-order valence-corrected chi connectivity index (χ2v) is 6.05. The second-order valence-electron chi connectivity index (χ2n) is 6.05. The highest BCUT2D eigenvalue weighted by molar-refractivity contribution is 5.41. The molecule has 1 heteroatoms. The van der Waals surface area contributed by atoms with Crippen LogP contribution < -0.4 is 0 Å². The third-order valence-corrected chi connectivity index (χ3v) is 4.77. The van der Waals surface area contributed by atoms with E-state index in [-0.39, 0.29) is 0 Å². The second kappa shape index (κ2) is 5.50. The Labute approximate surface area is 116 Å². The smallest absolute Gasteiger partial charge is 0.111 e. The lowest BCUT2D eigenvalue weighted by Crippen LogP contribution is -2.33. The Kier molecular flexibility index (Phi) is 3.74. The van der Waals surface area contributed by atoms with Gasteiger partial charge in [-0.1, -0.05) is 43.2 Å². The summed E-state index contributed by atoms with van der Waals surface area (Å²) < 4.78 is 0.